The number of rotatable bonds is 5. The summed E-state index contributed by atoms with van der Waals surface area (Å²) in [6, 6.07) is 21.9. The Kier molecular flexibility index (Phi) is 4.71. The summed E-state index contributed by atoms with van der Waals surface area (Å²) in [5.74, 6) is 0.391. The van der Waals surface area contributed by atoms with Crippen molar-refractivity contribution >= 4 is 28.6 Å². The number of fused-ring (bicyclic) bond motifs is 1. The molecule has 0 saturated carbocycles. The summed E-state index contributed by atoms with van der Waals surface area (Å²) in [6.07, 6.45) is 0. The number of benzene rings is 2. The standard InChI is InChI=1S/C18H16N2OS/c21-17(19-12-14-6-2-1-3-7-14)13-22-18-11-10-15-8-4-5-9-16(15)20-18/h1-11H,12-13H2,(H,19,21). The lowest BCUT2D eigenvalue weighted by Crippen LogP contribution is -2.24. The van der Waals surface area contributed by atoms with Crippen LogP contribution in [0.2, 0.25) is 0 Å². The normalized spacial score (nSPS) is 10.5. The molecule has 1 aromatic heterocycles. The van der Waals surface area contributed by atoms with Gasteiger partial charge < -0.3 is 5.32 Å². The summed E-state index contributed by atoms with van der Waals surface area (Å²) < 4.78 is 0. The highest BCUT2D eigenvalue weighted by Gasteiger charge is 2.04. The van der Waals surface area contributed by atoms with E-state index in [1.165, 1.54) is 11.8 Å². The van der Waals surface area contributed by atoms with Crippen molar-refractivity contribution in [3.05, 3.63) is 72.3 Å². The molecule has 0 fully saturated rings. The Hall–Kier alpha value is -2.33. The average Bonchev–Trinajstić information content (AvgIpc) is 2.59. The largest absolute Gasteiger partial charge is 0.351 e. The summed E-state index contributed by atoms with van der Waals surface area (Å²) in [4.78, 5) is 16.4. The highest BCUT2D eigenvalue weighted by molar-refractivity contribution is 7.99. The number of thioether (sulfide) groups is 1. The number of para-hydroxylation sites is 1. The quantitative estimate of drug-likeness (QED) is 0.732. The molecule has 0 atom stereocenters. The smallest absolute Gasteiger partial charge is 0.230 e. The van der Waals surface area contributed by atoms with E-state index >= 15 is 0 Å². The molecule has 1 N–H and O–H groups in total. The lowest BCUT2D eigenvalue weighted by molar-refractivity contribution is -0.118. The van der Waals surface area contributed by atoms with Crippen LogP contribution in [-0.2, 0) is 11.3 Å². The van der Waals surface area contributed by atoms with Crippen LogP contribution in [0, 0.1) is 0 Å². The predicted molar refractivity (Wildman–Crippen MR) is 90.8 cm³/mol. The molecule has 0 spiro atoms. The zero-order valence-corrected chi connectivity index (χ0v) is 12.8. The fourth-order valence-electron chi connectivity index (χ4n) is 2.11. The molecular formula is C18H16N2OS. The van der Waals surface area contributed by atoms with Crippen molar-refractivity contribution in [1.82, 2.24) is 10.3 Å². The maximum Gasteiger partial charge on any atom is 0.230 e. The molecule has 0 bridgehead atoms. The monoisotopic (exact) mass is 308 g/mol. The zero-order chi connectivity index (χ0) is 15.2. The molecule has 0 radical (unpaired) electrons. The van der Waals surface area contributed by atoms with Gasteiger partial charge in [-0.1, -0.05) is 66.4 Å². The lowest BCUT2D eigenvalue weighted by atomic mass is 10.2. The predicted octanol–water partition coefficient (Wildman–Crippen LogP) is 3.64. The van der Waals surface area contributed by atoms with E-state index in [4.69, 9.17) is 0 Å². The van der Waals surface area contributed by atoms with Gasteiger partial charge in [0.1, 0.15) is 0 Å². The van der Waals surface area contributed by atoms with Gasteiger partial charge in [0.15, 0.2) is 0 Å². The van der Waals surface area contributed by atoms with Crippen molar-refractivity contribution in [1.29, 1.82) is 0 Å². The van der Waals surface area contributed by atoms with Crippen LogP contribution < -0.4 is 5.32 Å². The highest BCUT2D eigenvalue weighted by atomic mass is 32.2. The van der Waals surface area contributed by atoms with Gasteiger partial charge in [0.05, 0.1) is 16.3 Å². The van der Waals surface area contributed by atoms with E-state index in [9.17, 15) is 4.79 Å². The molecule has 0 saturated heterocycles. The number of hydrogen-bond donors (Lipinski definition) is 1. The molecule has 0 unspecified atom stereocenters. The number of carbonyl (C=O) groups excluding carboxylic acids is 1. The molecule has 22 heavy (non-hydrogen) atoms. The molecular weight excluding hydrogens is 292 g/mol. The minimum absolute atomic E-state index is 0.0174. The van der Waals surface area contributed by atoms with Gasteiger partial charge in [-0.3, -0.25) is 4.79 Å². The van der Waals surface area contributed by atoms with Crippen LogP contribution >= 0.6 is 11.8 Å². The number of amides is 1. The first-order valence-electron chi connectivity index (χ1n) is 7.10. The first-order valence-corrected chi connectivity index (χ1v) is 8.09. The summed E-state index contributed by atoms with van der Waals surface area (Å²) in [5.41, 5.74) is 2.06. The van der Waals surface area contributed by atoms with E-state index in [-0.39, 0.29) is 5.91 Å². The molecule has 0 aliphatic rings. The SMILES string of the molecule is O=C(CSc1ccc2ccccc2n1)NCc1ccccc1. The van der Waals surface area contributed by atoms with Crippen LogP contribution in [-0.4, -0.2) is 16.6 Å². The van der Waals surface area contributed by atoms with Crippen LogP contribution in [0.4, 0.5) is 0 Å². The molecule has 110 valence electrons. The van der Waals surface area contributed by atoms with Gasteiger partial charge in [0.25, 0.3) is 0 Å². The first kappa shape index (κ1) is 14.6. The number of pyridine rings is 1. The summed E-state index contributed by atoms with van der Waals surface area (Å²) in [5, 5.41) is 4.90. The maximum absolute atomic E-state index is 11.9. The van der Waals surface area contributed by atoms with E-state index in [0.29, 0.717) is 12.3 Å². The maximum atomic E-state index is 11.9. The van der Waals surface area contributed by atoms with Gasteiger partial charge in [-0.25, -0.2) is 4.98 Å². The Morgan fingerprint density at radius 3 is 2.59 bits per heavy atom. The van der Waals surface area contributed by atoms with Gasteiger partial charge in [-0.2, -0.15) is 0 Å². The minimum Gasteiger partial charge on any atom is -0.351 e. The van der Waals surface area contributed by atoms with E-state index in [0.717, 1.165) is 21.5 Å². The molecule has 3 rings (SSSR count). The molecule has 3 nitrogen and oxygen atoms in total. The van der Waals surface area contributed by atoms with Crippen LogP contribution in [0.5, 0.6) is 0 Å². The first-order chi connectivity index (χ1) is 10.8. The third-order valence-corrected chi connectivity index (χ3v) is 4.19. The van der Waals surface area contributed by atoms with Crippen molar-refractivity contribution in [2.45, 2.75) is 11.6 Å². The van der Waals surface area contributed by atoms with Gasteiger partial charge in [0.2, 0.25) is 5.91 Å². The fraction of sp³-hybridized carbons (Fsp3) is 0.111. The van der Waals surface area contributed by atoms with E-state index in [1.807, 2.05) is 66.7 Å². The van der Waals surface area contributed by atoms with Gasteiger partial charge >= 0.3 is 0 Å². The minimum atomic E-state index is 0.0174. The molecule has 1 amide bonds. The van der Waals surface area contributed by atoms with E-state index < -0.39 is 0 Å². The lowest BCUT2D eigenvalue weighted by Gasteiger charge is -2.05. The molecule has 3 aromatic rings. The molecule has 2 aromatic carbocycles. The second-order valence-corrected chi connectivity index (χ2v) is 5.89. The van der Waals surface area contributed by atoms with E-state index in [1.54, 1.807) is 0 Å². The van der Waals surface area contributed by atoms with Crippen LogP contribution in [0.15, 0.2) is 71.8 Å². The number of nitrogens with zero attached hydrogens (tertiary/aromatic N) is 1. The Morgan fingerprint density at radius 2 is 1.73 bits per heavy atom. The van der Waals surface area contributed by atoms with Crippen LogP contribution in [0.1, 0.15) is 5.56 Å². The number of nitrogens with one attached hydrogen (secondary N) is 1. The molecule has 4 heteroatoms. The Balaban J connectivity index is 1.53. The molecule has 0 aliphatic carbocycles. The van der Waals surface area contributed by atoms with Crippen LogP contribution in [0.3, 0.4) is 0 Å². The van der Waals surface area contributed by atoms with Gasteiger partial charge in [-0.15, -0.1) is 0 Å². The van der Waals surface area contributed by atoms with Crippen molar-refractivity contribution < 1.29 is 4.79 Å². The van der Waals surface area contributed by atoms with Crippen molar-refractivity contribution in [3.8, 4) is 0 Å². The van der Waals surface area contributed by atoms with Crippen LogP contribution in [0.25, 0.3) is 10.9 Å². The Morgan fingerprint density at radius 1 is 0.955 bits per heavy atom. The Labute approximate surface area is 133 Å². The van der Waals surface area contributed by atoms with E-state index in [2.05, 4.69) is 10.3 Å². The number of hydrogen-bond acceptors (Lipinski definition) is 3. The summed E-state index contributed by atoms with van der Waals surface area (Å²) in [6.45, 7) is 0.561. The highest BCUT2D eigenvalue weighted by Crippen LogP contribution is 2.19. The number of carbonyl (C=O) groups is 1. The zero-order valence-electron chi connectivity index (χ0n) is 12.0. The van der Waals surface area contributed by atoms with Gasteiger partial charge in [-0.05, 0) is 17.7 Å². The third kappa shape index (κ3) is 3.86. The average molecular weight is 308 g/mol. The summed E-state index contributed by atoms with van der Waals surface area (Å²) >= 11 is 1.46. The van der Waals surface area contributed by atoms with Gasteiger partial charge in [0, 0.05) is 11.9 Å². The van der Waals surface area contributed by atoms with Crippen molar-refractivity contribution in [3.63, 3.8) is 0 Å². The second-order valence-electron chi connectivity index (χ2n) is 4.89. The number of aromatic nitrogens is 1. The van der Waals surface area contributed by atoms with Crippen molar-refractivity contribution in [2.75, 3.05) is 5.75 Å². The Bertz CT molecular complexity index is 774. The summed E-state index contributed by atoms with van der Waals surface area (Å²) in [7, 11) is 0. The third-order valence-electron chi connectivity index (χ3n) is 3.26. The molecule has 1 heterocycles. The molecule has 0 aliphatic heterocycles. The fourth-order valence-corrected chi connectivity index (χ4v) is 2.82. The topological polar surface area (TPSA) is 42.0 Å². The second kappa shape index (κ2) is 7.09. The van der Waals surface area contributed by atoms with Crippen molar-refractivity contribution in [2.24, 2.45) is 0 Å².